The Kier molecular flexibility index (Phi) is 2.54. The first kappa shape index (κ1) is 11.1. The van der Waals surface area contributed by atoms with Gasteiger partial charge in [0.15, 0.2) is 0 Å². The number of imide groups is 1. The number of carbonyl (C=O) groups is 3. The number of nitrogen functional groups attached to an aromatic ring is 1. The number of nitrogens with zero attached hydrogens (tertiary/aromatic N) is 2. The molecular weight excluding hydrogens is 226 g/mol. The van der Waals surface area contributed by atoms with Crippen LogP contribution in [0.2, 0.25) is 0 Å². The van der Waals surface area contributed by atoms with Crippen molar-refractivity contribution in [2.75, 3.05) is 5.73 Å². The first-order valence-corrected chi connectivity index (χ1v) is 4.91. The maximum atomic E-state index is 11.8. The topological polar surface area (TPSA) is 119 Å². The molecule has 1 aromatic rings. The lowest BCUT2D eigenvalue weighted by molar-refractivity contribution is -0.125. The van der Waals surface area contributed by atoms with Gasteiger partial charge < -0.3 is 11.1 Å². The first-order valence-electron chi connectivity index (χ1n) is 4.91. The van der Waals surface area contributed by atoms with Crippen LogP contribution in [0.3, 0.4) is 0 Å². The molecule has 8 heteroatoms. The van der Waals surface area contributed by atoms with E-state index in [0.29, 0.717) is 0 Å². The molecule has 0 radical (unpaired) electrons. The molecule has 2 rings (SSSR count). The van der Waals surface area contributed by atoms with Crippen LogP contribution < -0.4 is 16.4 Å². The van der Waals surface area contributed by atoms with Crippen molar-refractivity contribution in [2.24, 2.45) is 7.05 Å². The summed E-state index contributed by atoms with van der Waals surface area (Å²) >= 11 is 0. The van der Waals surface area contributed by atoms with Crippen molar-refractivity contribution >= 4 is 23.5 Å². The fourth-order valence-corrected chi connectivity index (χ4v) is 1.53. The summed E-state index contributed by atoms with van der Waals surface area (Å²) in [4.78, 5) is 33.9. The van der Waals surface area contributed by atoms with Crippen LogP contribution in [-0.4, -0.2) is 33.5 Å². The van der Waals surface area contributed by atoms with Crippen LogP contribution in [0.15, 0.2) is 6.20 Å². The van der Waals surface area contributed by atoms with Crippen molar-refractivity contribution in [1.29, 1.82) is 0 Å². The summed E-state index contributed by atoms with van der Waals surface area (Å²) in [6, 6.07) is -0.838. The zero-order valence-corrected chi connectivity index (χ0v) is 9.06. The summed E-state index contributed by atoms with van der Waals surface area (Å²) in [7, 11) is 1.60. The number of hydrogen-bond acceptors (Lipinski definition) is 5. The number of nitrogens with one attached hydrogen (secondary N) is 2. The maximum Gasteiger partial charge on any atom is 0.257 e. The highest BCUT2D eigenvalue weighted by Crippen LogP contribution is 2.10. The average Bonchev–Trinajstić information content (AvgIpc) is 2.73. The SMILES string of the molecule is Cn1ncc(C(=O)NC2CC(=O)NC2=O)c1N. The van der Waals surface area contributed by atoms with Crippen LogP contribution >= 0.6 is 0 Å². The van der Waals surface area contributed by atoms with E-state index in [1.165, 1.54) is 10.9 Å². The molecule has 0 spiro atoms. The number of anilines is 1. The van der Waals surface area contributed by atoms with Gasteiger partial charge in [-0.05, 0) is 0 Å². The van der Waals surface area contributed by atoms with Gasteiger partial charge in [-0.15, -0.1) is 0 Å². The van der Waals surface area contributed by atoms with Gasteiger partial charge in [0.05, 0.1) is 12.6 Å². The number of rotatable bonds is 2. The molecule has 0 bridgehead atoms. The van der Waals surface area contributed by atoms with E-state index in [9.17, 15) is 14.4 Å². The predicted molar refractivity (Wildman–Crippen MR) is 56.6 cm³/mol. The number of aromatic nitrogens is 2. The summed E-state index contributed by atoms with van der Waals surface area (Å²) in [5.41, 5.74) is 5.79. The number of hydrogen-bond donors (Lipinski definition) is 3. The van der Waals surface area contributed by atoms with Gasteiger partial charge in [-0.3, -0.25) is 24.4 Å². The zero-order valence-electron chi connectivity index (χ0n) is 9.06. The third kappa shape index (κ3) is 1.96. The predicted octanol–water partition coefficient (Wildman–Crippen LogP) is -1.85. The molecule has 3 amide bonds. The quantitative estimate of drug-likeness (QED) is 0.521. The Labute approximate surface area is 96.1 Å². The van der Waals surface area contributed by atoms with Gasteiger partial charge in [-0.2, -0.15) is 5.10 Å². The lowest BCUT2D eigenvalue weighted by Gasteiger charge is -2.08. The van der Waals surface area contributed by atoms with Crippen molar-refractivity contribution < 1.29 is 14.4 Å². The summed E-state index contributed by atoms with van der Waals surface area (Å²) in [5, 5.41) is 8.33. The second-order valence-electron chi connectivity index (χ2n) is 3.71. The van der Waals surface area contributed by atoms with Crippen molar-refractivity contribution in [3.63, 3.8) is 0 Å². The van der Waals surface area contributed by atoms with Crippen molar-refractivity contribution in [3.05, 3.63) is 11.8 Å². The van der Waals surface area contributed by atoms with Gasteiger partial charge in [0, 0.05) is 7.05 Å². The Bertz CT molecular complexity index is 507. The summed E-state index contributed by atoms with van der Waals surface area (Å²) in [6.45, 7) is 0. The van der Waals surface area contributed by atoms with Crippen molar-refractivity contribution in [1.82, 2.24) is 20.4 Å². The third-order valence-corrected chi connectivity index (χ3v) is 2.50. The van der Waals surface area contributed by atoms with E-state index in [-0.39, 0.29) is 17.8 Å². The molecule has 1 fully saturated rings. The summed E-state index contributed by atoms with van der Waals surface area (Å²) < 4.78 is 1.34. The fraction of sp³-hybridized carbons (Fsp3) is 0.333. The lowest BCUT2D eigenvalue weighted by Crippen LogP contribution is -2.40. The Hall–Kier alpha value is -2.38. The minimum atomic E-state index is -0.838. The normalized spacial score (nSPS) is 19.2. The second-order valence-corrected chi connectivity index (χ2v) is 3.71. The Morgan fingerprint density at radius 3 is 2.82 bits per heavy atom. The number of nitrogens with two attached hydrogens (primary N) is 1. The number of aryl methyl sites for hydroxylation is 1. The average molecular weight is 237 g/mol. The van der Waals surface area contributed by atoms with Crippen LogP contribution in [-0.2, 0) is 16.6 Å². The van der Waals surface area contributed by atoms with E-state index in [4.69, 9.17) is 5.73 Å². The molecule has 17 heavy (non-hydrogen) atoms. The van der Waals surface area contributed by atoms with E-state index in [1.54, 1.807) is 7.05 Å². The summed E-state index contributed by atoms with van der Waals surface area (Å²) in [5.74, 6) is -1.23. The van der Waals surface area contributed by atoms with Gasteiger partial charge in [0.1, 0.15) is 17.4 Å². The molecular formula is C9H11N5O3. The molecule has 0 aliphatic carbocycles. The molecule has 4 N–H and O–H groups in total. The van der Waals surface area contributed by atoms with Crippen LogP contribution in [0.4, 0.5) is 5.82 Å². The van der Waals surface area contributed by atoms with E-state index < -0.39 is 23.8 Å². The minimum Gasteiger partial charge on any atom is -0.383 e. The highest BCUT2D eigenvalue weighted by Gasteiger charge is 2.32. The standard InChI is InChI=1S/C9H11N5O3/c1-14-7(10)4(3-11-14)8(16)12-5-2-6(15)13-9(5)17/h3,5H,2,10H2,1H3,(H,12,16)(H,13,15,17). The molecule has 90 valence electrons. The molecule has 0 aromatic carbocycles. The van der Waals surface area contributed by atoms with Gasteiger partial charge in [0.2, 0.25) is 11.8 Å². The molecule has 1 aliphatic rings. The number of amides is 3. The third-order valence-electron chi connectivity index (χ3n) is 2.50. The van der Waals surface area contributed by atoms with Gasteiger partial charge in [-0.1, -0.05) is 0 Å². The summed E-state index contributed by atoms with van der Waals surface area (Å²) in [6.07, 6.45) is 1.25. The second kappa shape index (κ2) is 3.89. The molecule has 1 atom stereocenters. The van der Waals surface area contributed by atoms with E-state index >= 15 is 0 Å². The highest BCUT2D eigenvalue weighted by molar-refractivity contribution is 6.08. The van der Waals surface area contributed by atoms with Crippen molar-refractivity contribution in [3.8, 4) is 0 Å². The Morgan fingerprint density at radius 1 is 1.65 bits per heavy atom. The molecule has 1 aliphatic heterocycles. The largest absolute Gasteiger partial charge is 0.383 e. The van der Waals surface area contributed by atoms with Crippen LogP contribution in [0.1, 0.15) is 16.8 Å². The van der Waals surface area contributed by atoms with E-state index in [0.717, 1.165) is 0 Å². The van der Waals surface area contributed by atoms with Crippen LogP contribution in [0, 0.1) is 0 Å². The lowest BCUT2D eigenvalue weighted by atomic mass is 10.2. The highest BCUT2D eigenvalue weighted by atomic mass is 16.2. The molecule has 1 aromatic heterocycles. The van der Waals surface area contributed by atoms with Gasteiger partial charge >= 0.3 is 0 Å². The molecule has 2 heterocycles. The monoisotopic (exact) mass is 237 g/mol. The molecule has 1 unspecified atom stereocenters. The van der Waals surface area contributed by atoms with Crippen LogP contribution in [0.5, 0.6) is 0 Å². The molecule has 8 nitrogen and oxygen atoms in total. The van der Waals surface area contributed by atoms with Gasteiger partial charge in [0.25, 0.3) is 5.91 Å². The smallest absolute Gasteiger partial charge is 0.257 e. The Morgan fingerprint density at radius 2 is 2.35 bits per heavy atom. The maximum absolute atomic E-state index is 11.8. The fourth-order valence-electron chi connectivity index (χ4n) is 1.53. The zero-order chi connectivity index (χ0) is 12.6. The molecule has 0 saturated carbocycles. The molecule has 1 saturated heterocycles. The first-order chi connectivity index (χ1) is 7.99. The minimum absolute atomic E-state index is 0.0509. The van der Waals surface area contributed by atoms with E-state index in [2.05, 4.69) is 15.7 Å². The number of carbonyl (C=O) groups excluding carboxylic acids is 3. The Balaban J connectivity index is 2.10. The van der Waals surface area contributed by atoms with Crippen molar-refractivity contribution in [2.45, 2.75) is 12.5 Å². The van der Waals surface area contributed by atoms with Crippen LogP contribution in [0.25, 0.3) is 0 Å². The van der Waals surface area contributed by atoms with Gasteiger partial charge in [-0.25, -0.2) is 0 Å². The van der Waals surface area contributed by atoms with E-state index in [1.807, 2.05) is 0 Å².